The maximum atomic E-state index is 4.98. The van der Waals surface area contributed by atoms with Crippen molar-refractivity contribution >= 4 is 10.8 Å². The molecule has 0 atom stereocenters. The molecule has 3 nitrogen and oxygen atoms in total. The summed E-state index contributed by atoms with van der Waals surface area (Å²) in [5.74, 6) is 1.97. The Hall–Kier alpha value is -6.19. The summed E-state index contributed by atoms with van der Waals surface area (Å²) in [5, 5.41) is 2.57. The van der Waals surface area contributed by atoms with E-state index in [0.717, 1.165) is 27.8 Å². The average Bonchev–Trinajstić information content (AvgIpc) is 3.41. The summed E-state index contributed by atoms with van der Waals surface area (Å²) in [7, 11) is 0. The molecule has 232 valence electrons. The summed E-state index contributed by atoms with van der Waals surface area (Å²) in [5.41, 5.74) is 13.0. The van der Waals surface area contributed by atoms with Crippen LogP contribution in [0.1, 0.15) is 25.0 Å². The number of hydrogen-bond acceptors (Lipinski definition) is 3. The highest BCUT2D eigenvalue weighted by Gasteiger charge is 2.36. The minimum Gasteiger partial charge on any atom is -0.208 e. The molecule has 1 heterocycles. The van der Waals surface area contributed by atoms with E-state index in [1.54, 1.807) is 0 Å². The predicted octanol–water partition coefficient (Wildman–Crippen LogP) is 11.7. The minimum atomic E-state index is -0.0849. The first kappa shape index (κ1) is 29.0. The Morgan fingerprint density at radius 3 is 1.47 bits per heavy atom. The highest BCUT2D eigenvalue weighted by atomic mass is 15.0. The highest BCUT2D eigenvalue weighted by molar-refractivity contribution is 6.09. The molecule has 0 radical (unpaired) electrons. The topological polar surface area (TPSA) is 38.7 Å². The van der Waals surface area contributed by atoms with Crippen LogP contribution < -0.4 is 0 Å². The number of rotatable bonds is 5. The molecule has 9 rings (SSSR count). The summed E-state index contributed by atoms with van der Waals surface area (Å²) in [4.78, 5) is 14.8. The molecule has 7 aromatic carbocycles. The van der Waals surface area contributed by atoms with Crippen LogP contribution in [0.15, 0.2) is 164 Å². The Balaban J connectivity index is 1.16. The van der Waals surface area contributed by atoms with Crippen molar-refractivity contribution in [2.45, 2.75) is 19.3 Å². The summed E-state index contributed by atoms with van der Waals surface area (Å²) in [6.45, 7) is 4.71. The lowest BCUT2D eigenvalue weighted by molar-refractivity contribution is 0.661. The normalized spacial score (nSPS) is 12.9. The zero-order chi connectivity index (χ0) is 33.0. The Bertz CT molecular complexity index is 2460. The van der Waals surface area contributed by atoms with Crippen molar-refractivity contribution in [2.75, 3.05) is 0 Å². The molecule has 8 aromatic rings. The summed E-state index contributed by atoms with van der Waals surface area (Å²) in [6, 6.07) is 57.9. The van der Waals surface area contributed by atoms with E-state index in [0.29, 0.717) is 17.5 Å². The number of fused-ring (bicyclic) bond motifs is 5. The van der Waals surface area contributed by atoms with Gasteiger partial charge in [-0.25, -0.2) is 15.0 Å². The molecule has 1 aliphatic carbocycles. The minimum absolute atomic E-state index is 0.0849. The van der Waals surface area contributed by atoms with E-state index < -0.39 is 0 Å². The molecule has 0 fully saturated rings. The molecule has 49 heavy (non-hydrogen) atoms. The van der Waals surface area contributed by atoms with Crippen molar-refractivity contribution in [3.8, 4) is 67.5 Å². The molecule has 3 heteroatoms. The van der Waals surface area contributed by atoms with E-state index in [-0.39, 0.29) is 5.41 Å². The van der Waals surface area contributed by atoms with Crippen LogP contribution in [0.2, 0.25) is 0 Å². The Morgan fingerprint density at radius 1 is 0.347 bits per heavy atom. The summed E-state index contributed by atoms with van der Waals surface area (Å²) >= 11 is 0. The highest BCUT2D eigenvalue weighted by Crippen LogP contribution is 2.53. The molecule has 0 bridgehead atoms. The van der Waals surface area contributed by atoms with Gasteiger partial charge in [0.25, 0.3) is 0 Å². The van der Waals surface area contributed by atoms with Gasteiger partial charge in [0.2, 0.25) is 0 Å². The van der Waals surface area contributed by atoms with Gasteiger partial charge in [-0.15, -0.1) is 0 Å². The fourth-order valence-corrected chi connectivity index (χ4v) is 7.43. The second-order valence-electron chi connectivity index (χ2n) is 13.3. The van der Waals surface area contributed by atoms with E-state index in [2.05, 4.69) is 117 Å². The lowest BCUT2D eigenvalue weighted by atomic mass is 9.80. The van der Waals surface area contributed by atoms with E-state index >= 15 is 0 Å². The SMILES string of the molecule is CC1(C)c2ccccc2-c2c1cc(-c1cccc(-c3cccc(-c4nc(-c5ccccc5)nc(-c5ccccc5)n4)c3)c1)c1ccccc21. The zero-order valence-electron chi connectivity index (χ0n) is 27.4. The molecule has 1 aromatic heterocycles. The van der Waals surface area contributed by atoms with E-state index in [1.807, 2.05) is 60.7 Å². The maximum Gasteiger partial charge on any atom is 0.164 e. The monoisotopic (exact) mass is 627 g/mol. The molecule has 1 aliphatic rings. The van der Waals surface area contributed by atoms with Gasteiger partial charge in [-0.3, -0.25) is 0 Å². The molecule has 0 saturated carbocycles. The van der Waals surface area contributed by atoms with Gasteiger partial charge in [0, 0.05) is 22.1 Å². The third kappa shape index (κ3) is 4.94. The second kappa shape index (κ2) is 11.5. The first-order valence-corrected chi connectivity index (χ1v) is 16.8. The largest absolute Gasteiger partial charge is 0.208 e. The van der Waals surface area contributed by atoms with Crippen molar-refractivity contribution in [1.29, 1.82) is 0 Å². The van der Waals surface area contributed by atoms with Gasteiger partial charge in [0.1, 0.15) is 0 Å². The number of benzene rings is 7. The first-order chi connectivity index (χ1) is 24.0. The molecule has 0 aliphatic heterocycles. The van der Waals surface area contributed by atoms with Crippen molar-refractivity contribution in [1.82, 2.24) is 15.0 Å². The van der Waals surface area contributed by atoms with Crippen LogP contribution in [0.25, 0.3) is 78.3 Å². The molecule has 0 unspecified atom stereocenters. The third-order valence-electron chi connectivity index (χ3n) is 9.91. The average molecular weight is 628 g/mol. The molecule has 0 amide bonds. The maximum absolute atomic E-state index is 4.98. The van der Waals surface area contributed by atoms with E-state index in [9.17, 15) is 0 Å². The van der Waals surface area contributed by atoms with Crippen LogP contribution in [-0.2, 0) is 5.41 Å². The van der Waals surface area contributed by atoms with Gasteiger partial charge in [0.05, 0.1) is 0 Å². The second-order valence-corrected chi connectivity index (χ2v) is 13.3. The first-order valence-electron chi connectivity index (χ1n) is 16.8. The smallest absolute Gasteiger partial charge is 0.164 e. The quantitative estimate of drug-likeness (QED) is 0.191. The van der Waals surface area contributed by atoms with Gasteiger partial charge in [-0.1, -0.05) is 159 Å². The lowest BCUT2D eigenvalue weighted by Gasteiger charge is -2.23. The Morgan fingerprint density at radius 2 is 0.816 bits per heavy atom. The van der Waals surface area contributed by atoms with Crippen LogP contribution in [0.5, 0.6) is 0 Å². The van der Waals surface area contributed by atoms with Gasteiger partial charge in [-0.05, 0) is 73.5 Å². The van der Waals surface area contributed by atoms with Gasteiger partial charge in [-0.2, -0.15) is 0 Å². The van der Waals surface area contributed by atoms with Crippen LogP contribution in [0.3, 0.4) is 0 Å². The Kier molecular flexibility index (Phi) is 6.80. The van der Waals surface area contributed by atoms with Gasteiger partial charge in [0.15, 0.2) is 17.5 Å². The third-order valence-corrected chi connectivity index (χ3v) is 9.91. The van der Waals surface area contributed by atoms with Crippen molar-refractivity contribution in [3.05, 3.63) is 175 Å². The molecule has 0 saturated heterocycles. The fourth-order valence-electron chi connectivity index (χ4n) is 7.43. The summed E-state index contributed by atoms with van der Waals surface area (Å²) in [6.07, 6.45) is 0. The van der Waals surface area contributed by atoms with Gasteiger partial charge < -0.3 is 0 Å². The van der Waals surface area contributed by atoms with Crippen molar-refractivity contribution in [2.24, 2.45) is 0 Å². The molecular weight excluding hydrogens is 595 g/mol. The van der Waals surface area contributed by atoms with Crippen LogP contribution >= 0.6 is 0 Å². The van der Waals surface area contributed by atoms with Crippen molar-refractivity contribution in [3.63, 3.8) is 0 Å². The van der Waals surface area contributed by atoms with E-state index in [1.165, 1.54) is 44.2 Å². The van der Waals surface area contributed by atoms with E-state index in [4.69, 9.17) is 15.0 Å². The fraction of sp³-hybridized carbons (Fsp3) is 0.0652. The summed E-state index contributed by atoms with van der Waals surface area (Å²) < 4.78 is 0. The van der Waals surface area contributed by atoms with Gasteiger partial charge >= 0.3 is 0 Å². The van der Waals surface area contributed by atoms with Crippen LogP contribution in [0.4, 0.5) is 0 Å². The van der Waals surface area contributed by atoms with Crippen LogP contribution in [-0.4, -0.2) is 15.0 Å². The molecule has 0 spiro atoms. The lowest BCUT2D eigenvalue weighted by Crippen LogP contribution is -2.15. The predicted molar refractivity (Wildman–Crippen MR) is 202 cm³/mol. The molecule has 0 N–H and O–H groups in total. The zero-order valence-corrected chi connectivity index (χ0v) is 27.4. The number of nitrogens with zero attached hydrogens (tertiary/aromatic N) is 3. The van der Waals surface area contributed by atoms with Crippen LogP contribution in [0, 0.1) is 0 Å². The number of hydrogen-bond donors (Lipinski definition) is 0. The molecular formula is C46H33N3. The standard InChI is InChI=1S/C46H33N3/c1-46(2)40-26-12-11-25-38(40)42-37-24-10-9-23-36(37)39(29-41(42)46)34-21-13-19-32(27-34)33-20-14-22-35(28-33)45-48-43(30-15-5-3-6-16-30)47-44(49-45)31-17-7-4-8-18-31/h3-29H,1-2H3. The Labute approximate surface area is 286 Å². The number of aromatic nitrogens is 3. The van der Waals surface area contributed by atoms with Crippen molar-refractivity contribution < 1.29 is 0 Å².